The van der Waals surface area contributed by atoms with Crippen LogP contribution in [0.2, 0.25) is 0 Å². The van der Waals surface area contributed by atoms with Gasteiger partial charge in [-0.25, -0.2) is 4.39 Å². The third kappa shape index (κ3) is 38.2. The number of methoxy groups -OCH3 is 2. The average molecular weight is 294 g/mol. The lowest BCUT2D eigenvalue weighted by Gasteiger charge is -2.01. The molecule has 0 bridgehead atoms. The van der Waals surface area contributed by atoms with Crippen molar-refractivity contribution in [3.63, 3.8) is 0 Å². The first-order valence-electron chi connectivity index (χ1n) is 5.16. The maximum atomic E-state index is 11.1. The highest BCUT2D eigenvalue weighted by molar-refractivity contribution is 5.65. The molecule has 0 fully saturated rings. The van der Waals surface area contributed by atoms with Gasteiger partial charge in [-0.1, -0.05) is 0 Å². The van der Waals surface area contributed by atoms with Crippen molar-refractivity contribution in [3.8, 4) is 0 Å². The lowest BCUT2D eigenvalue weighted by atomic mass is 10.7. The Kier molecular flexibility index (Phi) is 31.6. The molecule has 0 atom stereocenters. The monoisotopic (exact) mass is 294 g/mol. The second-order valence-electron chi connectivity index (χ2n) is 2.66. The van der Waals surface area contributed by atoms with Gasteiger partial charge in [-0.2, -0.15) is 0 Å². The van der Waals surface area contributed by atoms with Crippen molar-refractivity contribution in [1.29, 1.82) is 0 Å². The Bertz CT molecular complexity index is 158. The molecule has 0 aromatic heterocycles. The van der Waals surface area contributed by atoms with Crippen molar-refractivity contribution < 1.29 is 42.0 Å². The summed E-state index contributed by atoms with van der Waals surface area (Å²) in [5.74, 6) is -0.291. The van der Waals surface area contributed by atoms with Gasteiger partial charge in [-0.3, -0.25) is 4.79 Å². The SMILES string of the molecule is COCOCCF.COCOCCOC(C)=O.FF. The maximum absolute atomic E-state index is 11.1. The fraction of sp³-hybridized carbons (Fsp3) is 0.900. The molecular formula is C10H21F3O6. The average Bonchev–Trinajstić information content (AvgIpc) is 2.42. The summed E-state index contributed by atoms with van der Waals surface area (Å²) in [6.07, 6.45) is 0. The van der Waals surface area contributed by atoms with Crippen LogP contribution in [0, 0.1) is 0 Å². The van der Waals surface area contributed by atoms with Crippen LogP contribution in [0.3, 0.4) is 0 Å². The first-order chi connectivity index (χ1) is 9.18. The second-order valence-corrected chi connectivity index (χ2v) is 2.66. The molecule has 9 heteroatoms. The highest BCUT2D eigenvalue weighted by Crippen LogP contribution is 1.78. The zero-order valence-electron chi connectivity index (χ0n) is 11.3. The molecule has 0 aromatic rings. The van der Waals surface area contributed by atoms with E-state index in [1.807, 2.05) is 0 Å². The molecule has 6 nitrogen and oxygen atoms in total. The molecule has 0 spiro atoms. The Hall–Kier alpha value is -0.900. The van der Waals surface area contributed by atoms with Crippen LogP contribution in [0.25, 0.3) is 0 Å². The number of rotatable bonds is 9. The van der Waals surface area contributed by atoms with E-state index in [4.69, 9.17) is 13.9 Å². The molecule has 0 aliphatic rings. The first kappa shape index (κ1) is 23.2. The van der Waals surface area contributed by atoms with E-state index in [9.17, 15) is 9.18 Å². The minimum Gasteiger partial charge on any atom is -0.463 e. The molecule has 0 saturated carbocycles. The Morgan fingerprint density at radius 1 is 0.947 bits per heavy atom. The number of ether oxygens (including phenoxy) is 5. The molecule has 0 aliphatic heterocycles. The van der Waals surface area contributed by atoms with Gasteiger partial charge < -0.3 is 23.7 Å². The van der Waals surface area contributed by atoms with Gasteiger partial charge in [0.05, 0.1) is 13.2 Å². The highest BCUT2D eigenvalue weighted by atomic mass is 20.0. The zero-order valence-corrected chi connectivity index (χ0v) is 11.3. The standard InChI is InChI=1S/C6H12O4.C4H9FO2.F2/c1-6(7)10-4-3-9-5-8-2;1-6-4-7-3-2-5;1-2/h3-5H2,1-2H3;2-4H2,1H3;. The van der Waals surface area contributed by atoms with Crippen LogP contribution in [-0.2, 0) is 28.5 Å². The molecule has 0 aromatic carbocycles. The summed E-state index contributed by atoms with van der Waals surface area (Å²) < 4.78 is 50.1. The summed E-state index contributed by atoms with van der Waals surface area (Å²) in [5.41, 5.74) is 0. The largest absolute Gasteiger partial charge is 0.463 e. The number of carbonyl (C=O) groups excluding carboxylic acids is 1. The van der Waals surface area contributed by atoms with Crippen LogP contribution in [0.5, 0.6) is 0 Å². The smallest absolute Gasteiger partial charge is 0.302 e. The van der Waals surface area contributed by atoms with Gasteiger partial charge in [0.15, 0.2) is 0 Å². The summed E-state index contributed by atoms with van der Waals surface area (Å²) in [6.45, 7) is 2.14. The Morgan fingerprint density at radius 2 is 1.42 bits per heavy atom. The first-order valence-corrected chi connectivity index (χ1v) is 5.16. The van der Waals surface area contributed by atoms with Crippen molar-refractivity contribution in [3.05, 3.63) is 0 Å². The number of hydrogen-bond donors (Lipinski definition) is 0. The third-order valence-corrected chi connectivity index (χ3v) is 1.16. The number of hydrogen-bond acceptors (Lipinski definition) is 6. The lowest BCUT2D eigenvalue weighted by Crippen LogP contribution is -2.08. The van der Waals surface area contributed by atoms with Gasteiger partial charge in [-0.15, -0.1) is 0 Å². The summed E-state index contributed by atoms with van der Waals surface area (Å²) >= 11 is 0. The van der Waals surface area contributed by atoms with Crippen LogP contribution in [0.4, 0.5) is 13.5 Å². The van der Waals surface area contributed by atoms with Crippen molar-refractivity contribution in [2.45, 2.75) is 6.92 Å². The molecule has 0 amide bonds. The summed E-state index contributed by atoms with van der Waals surface area (Å²) in [4.78, 5) is 10.2. The number of carbonyl (C=O) groups is 1. The number of esters is 1. The molecule has 0 N–H and O–H groups in total. The van der Waals surface area contributed by atoms with Gasteiger partial charge in [0.25, 0.3) is 0 Å². The van der Waals surface area contributed by atoms with Crippen LogP contribution >= 0.6 is 0 Å². The van der Waals surface area contributed by atoms with Gasteiger partial charge in [0.1, 0.15) is 26.9 Å². The molecule has 0 rings (SSSR count). The van der Waals surface area contributed by atoms with E-state index < -0.39 is 6.67 Å². The Balaban J connectivity index is -0.000000249. The lowest BCUT2D eigenvalue weighted by molar-refractivity contribution is -0.144. The molecule has 118 valence electrons. The summed E-state index contributed by atoms with van der Waals surface area (Å²) in [6, 6.07) is 0. The maximum Gasteiger partial charge on any atom is 0.302 e. The van der Waals surface area contributed by atoms with Crippen molar-refractivity contribution in [1.82, 2.24) is 0 Å². The predicted octanol–water partition coefficient (Wildman–Crippen LogP) is 1.59. The van der Waals surface area contributed by atoms with Gasteiger partial charge in [0, 0.05) is 30.3 Å². The van der Waals surface area contributed by atoms with Crippen LogP contribution in [-0.4, -0.2) is 60.3 Å². The van der Waals surface area contributed by atoms with Crippen LogP contribution in [0.15, 0.2) is 0 Å². The predicted molar refractivity (Wildman–Crippen MR) is 60.5 cm³/mol. The summed E-state index contributed by atoms with van der Waals surface area (Å²) in [5, 5.41) is 0. The van der Waals surface area contributed by atoms with E-state index in [0.29, 0.717) is 13.2 Å². The van der Waals surface area contributed by atoms with E-state index in [0.717, 1.165) is 0 Å². The van der Waals surface area contributed by atoms with E-state index in [2.05, 4.69) is 18.9 Å². The minimum atomic E-state index is -0.441. The topological polar surface area (TPSA) is 63.2 Å². The van der Waals surface area contributed by atoms with Crippen LogP contribution < -0.4 is 0 Å². The van der Waals surface area contributed by atoms with Crippen LogP contribution in [0.1, 0.15) is 6.92 Å². The fourth-order valence-electron chi connectivity index (χ4n) is 0.583. The number of alkyl halides is 1. The van der Waals surface area contributed by atoms with Gasteiger partial charge >= 0.3 is 5.97 Å². The second kappa shape index (κ2) is 25.8. The van der Waals surface area contributed by atoms with Crippen molar-refractivity contribution >= 4 is 5.97 Å². The molecule has 0 aliphatic carbocycles. The molecule has 19 heavy (non-hydrogen) atoms. The molecule has 0 radical (unpaired) electrons. The normalized spacial score (nSPS) is 8.74. The van der Waals surface area contributed by atoms with Gasteiger partial charge in [-0.05, 0) is 0 Å². The Morgan fingerprint density at radius 3 is 1.79 bits per heavy atom. The Labute approximate surface area is 110 Å². The molecule has 0 unspecified atom stereocenters. The minimum absolute atomic E-state index is 0.133. The van der Waals surface area contributed by atoms with Crippen molar-refractivity contribution in [2.24, 2.45) is 0 Å². The molecule has 0 heterocycles. The van der Waals surface area contributed by atoms with E-state index in [-0.39, 0.29) is 26.2 Å². The fourth-order valence-corrected chi connectivity index (χ4v) is 0.583. The molecule has 0 saturated heterocycles. The summed E-state index contributed by atoms with van der Waals surface area (Å²) in [7, 11) is 3.03. The zero-order chi connectivity index (χ0) is 15.4. The van der Waals surface area contributed by atoms with Crippen molar-refractivity contribution in [2.75, 3.05) is 54.3 Å². The van der Waals surface area contributed by atoms with Gasteiger partial charge in [0.2, 0.25) is 0 Å². The van der Waals surface area contributed by atoms with E-state index in [1.165, 1.54) is 21.1 Å². The highest BCUT2D eigenvalue weighted by Gasteiger charge is 1.90. The van der Waals surface area contributed by atoms with E-state index >= 15 is 0 Å². The van der Waals surface area contributed by atoms with E-state index in [1.54, 1.807) is 0 Å². The molecular weight excluding hydrogens is 273 g/mol. The number of halogens is 3. The quantitative estimate of drug-likeness (QED) is 0.365. The third-order valence-electron chi connectivity index (χ3n) is 1.16.